The molecule has 0 heterocycles. The van der Waals surface area contributed by atoms with E-state index in [2.05, 4.69) is 12.5 Å². The van der Waals surface area contributed by atoms with Gasteiger partial charge in [0.1, 0.15) is 6.10 Å². The summed E-state index contributed by atoms with van der Waals surface area (Å²) in [5.41, 5.74) is -0.454. The molecule has 0 fully saturated rings. The van der Waals surface area contributed by atoms with Crippen molar-refractivity contribution < 1.29 is 15.0 Å². The van der Waals surface area contributed by atoms with Gasteiger partial charge in [-0.15, -0.1) is 6.58 Å². The molecule has 3 heteroatoms. The van der Waals surface area contributed by atoms with Crippen LogP contribution in [-0.4, -0.2) is 22.3 Å². The number of carbonyl (C=O) groups is 1. The third-order valence-corrected chi connectivity index (χ3v) is 1.73. The number of aliphatic carboxylic acids is 1. The molecule has 1 atom stereocenters. The summed E-state index contributed by atoms with van der Waals surface area (Å²) in [6.07, 6.45) is 1.32. The Labute approximate surface area is 78.1 Å². The Balaban J connectivity index is 4.42. The number of carboxylic acids is 1. The molecule has 0 aliphatic carbocycles. The van der Waals surface area contributed by atoms with Crippen LogP contribution in [0.25, 0.3) is 0 Å². The van der Waals surface area contributed by atoms with Gasteiger partial charge in [-0.1, -0.05) is 25.8 Å². The van der Waals surface area contributed by atoms with E-state index in [1.54, 1.807) is 19.9 Å². The van der Waals surface area contributed by atoms with Gasteiger partial charge in [-0.25, -0.2) is 4.79 Å². The summed E-state index contributed by atoms with van der Waals surface area (Å²) < 4.78 is 0. The van der Waals surface area contributed by atoms with Gasteiger partial charge in [0.2, 0.25) is 0 Å². The first-order valence-electron chi connectivity index (χ1n) is 3.93. The molecule has 13 heavy (non-hydrogen) atoms. The number of rotatable bonds is 3. The molecular weight excluding hydrogens is 168 g/mol. The first kappa shape index (κ1) is 11.7. The van der Waals surface area contributed by atoms with E-state index >= 15 is 0 Å². The maximum absolute atomic E-state index is 10.1. The van der Waals surface area contributed by atoms with Crippen molar-refractivity contribution in [2.75, 3.05) is 0 Å². The molecule has 0 aromatic heterocycles. The Morgan fingerprint density at radius 2 is 2.23 bits per heavy atom. The van der Waals surface area contributed by atoms with E-state index < -0.39 is 17.5 Å². The second-order valence-corrected chi connectivity index (χ2v) is 3.46. The van der Waals surface area contributed by atoms with Crippen LogP contribution in [0.3, 0.4) is 0 Å². The first-order chi connectivity index (χ1) is 5.90. The van der Waals surface area contributed by atoms with Crippen LogP contribution in [0.1, 0.15) is 20.3 Å². The van der Waals surface area contributed by atoms with Crippen LogP contribution in [0.15, 0.2) is 12.7 Å². The molecular formula is C10H14O3. The minimum absolute atomic E-state index is 0.454. The lowest BCUT2D eigenvalue weighted by atomic mass is 9.83. The first-order valence-corrected chi connectivity index (χ1v) is 3.93. The Kier molecular flexibility index (Phi) is 4.22. The molecule has 1 unspecified atom stereocenters. The standard InChI is InChI=1S/C10H14O3/c1-4-7-10(2,3)8(11)5-6-9(12)13/h4,8,11H,1,7H2,2-3H3,(H,12,13). The minimum Gasteiger partial charge on any atom is -0.472 e. The summed E-state index contributed by atoms with van der Waals surface area (Å²) in [7, 11) is 0. The van der Waals surface area contributed by atoms with Gasteiger partial charge >= 0.3 is 5.97 Å². The average Bonchev–Trinajstić information content (AvgIpc) is 1.99. The number of aliphatic hydroxyl groups is 1. The Morgan fingerprint density at radius 3 is 2.62 bits per heavy atom. The SMILES string of the molecule is C=CCC(C)(C)C(O)C#CC(=O)O. The predicted octanol–water partition coefficient (Wildman–Crippen LogP) is 1.04. The fourth-order valence-corrected chi connectivity index (χ4v) is 0.809. The molecule has 0 bridgehead atoms. The Morgan fingerprint density at radius 1 is 1.69 bits per heavy atom. The van der Waals surface area contributed by atoms with E-state index in [9.17, 15) is 9.90 Å². The zero-order chi connectivity index (χ0) is 10.5. The molecule has 3 nitrogen and oxygen atoms in total. The summed E-state index contributed by atoms with van der Waals surface area (Å²) in [6, 6.07) is 0. The number of aliphatic hydroxyl groups excluding tert-OH is 1. The van der Waals surface area contributed by atoms with Crippen molar-refractivity contribution in [1.82, 2.24) is 0 Å². The molecule has 0 radical (unpaired) electrons. The molecule has 0 aromatic carbocycles. The summed E-state index contributed by atoms with van der Waals surface area (Å²) in [5.74, 6) is 2.93. The van der Waals surface area contributed by atoms with Crippen LogP contribution in [0, 0.1) is 17.3 Å². The highest BCUT2D eigenvalue weighted by atomic mass is 16.4. The molecule has 0 saturated heterocycles. The summed E-state index contributed by atoms with van der Waals surface area (Å²) in [6.45, 7) is 7.15. The maximum atomic E-state index is 10.1. The highest BCUT2D eigenvalue weighted by Crippen LogP contribution is 2.24. The van der Waals surface area contributed by atoms with Gasteiger partial charge in [0.05, 0.1) is 0 Å². The fraction of sp³-hybridized carbons (Fsp3) is 0.500. The fourth-order valence-electron chi connectivity index (χ4n) is 0.809. The van der Waals surface area contributed by atoms with Gasteiger partial charge in [0.15, 0.2) is 0 Å². The second-order valence-electron chi connectivity index (χ2n) is 3.46. The van der Waals surface area contributed by atoms with Gasteiger partial charge in [0.25, 0.3) is 0 Å². The van der Waals surface area contributed by atoms with Crippen LogP contribution >= 0.6 is 0 Å². The molecule has 0 aliphatic rings. The molecule has 72 valence electrons. The van der Waals surface area contributed by atoms with Crippen molar-refractivity contribution in [2.24, 2.45) is 5.41 Å². The maximum Gasteiger partial charge on any atom is 0.381 e. The summed E-state index contributed by atoms with van der Waals surface area (Å²) in [5, 5.41) is 17.7. The normalized spacial score (nSPS) is 12.5. The van der Waals surface area contributed by atoms with E-state index in [0.717, 1.165) is 0 Å². The van der Waals surface area contributed by atoms with Gasteiger partial charge in [-0.05, 0) is 6.42 Å². The molecule has 0 saturated carbocycles. The van der Waals surface area contributed by atoms with Crippen LogP contribution in [0.4, 0.5) is 0 Å². The van der Waals surface area contributed by atoms with E-state index in [1.807, 2.05) is 5.92 Å². The number of hydrogen-bond acceptors (Lipinski definition) is 2. The zero-order valence-electron chi connectivity index (χ0n) is 7.87. The average molecular weight is 182 g/mol. The van der Waals surface area contributed by atoms with E-state index in [0.29, 0.717) is 6.42 Å². The van der Waals surface area contributed by atoms with Crippen molar-refractivity contribution in [3.8, 4) is 11.8 Å². The van der Waals surface area contributed by atoms with Crippen molar-refractivity contribution in [3.05, 3.63) is 12.7 Å². The van der Waals surface area contributed by atoms with Crippen LogP contribution < -0.4 is 0 Å². The number of hydrogen-bond donors (Lipinski definition) is 2. The van der Waals surface area contributed by atoms with E-state index in [-0.39, 0.29) is 0 Å². The smallest absolute Gasteiger partial charge is 0.381 e. The lowest BCUT2D eigenvalue weighted by molar-refractivity contribution is -0.130. The third kappa shape index (κ3) is 4.34. The van der Waals surface area contributed by atoms with E-state index in [1.165, 1.54) is 0 Å². The largest absolute Gasteiger partial charge is 0.472 e. The van der Waals surface area contributed by atoms with Crippen molar-refractivity contribution in [2.45, 2.75) is 26.4 Å². The minimum atomic E-state index is -1.23. The van der Waals surface area contributed by atoms with Crippen LogP contribution in [0.2, 0.25) is 0 Å². The van der Waals surface area contributed by atoms with Crippen LogP contribution in [0.5, 0.6) is 0 Å². The van der Waals surface area contributed by atoms with Gasteiger partial charge in [-0.2, -0.15) is 0 Å². The molecule has 0 rings (SSSR count). The second kappa shape index (κ2) is 4.68. The molecule has 0 amide bonds. The lowest BCUT2D eigenvalue weighted by Gasteiger charge is -2.25. The third-order valence-electron chi connectivity index (χ3n) is 1.73. The quantitative estimate of drug-likeness (QED) is 0.506. The molecule has 0 spiro atoms. The summed E-state index contributed by atoms with van der Waals surface area (Å²) in [4.78, 5) is 10.1. The van der Waals surface area contributed by atoms with Gasteiger partial charge < -0.3 is 10.2 Å². The van der Waals surface area contributed by atoms with Gasteiger partial charge in [0, 0.05) is 11.3 Å². The van der Waals surface area contributed by atoms with Crippen LogP contribution in [-0.2, 0) is 4.79 Å². The van der Waals surface area contributed by atoms with Crippen molar-refractivity contribution in [1.29, 1.82) is 0 Å². The van der Waals surface area contributed by atoms with Crippen molar-refractivity contribution >= 4 is 5.97 Å². The topological polar surface area (TPSA) is 57.5 Å². The molecule has 0 aromatic rings. The van der Waals surface area contributed by atoms with Crippen molar-refractivity contribution in [3.63, 3.8) is 0 Å². The highest BCUT2D eigenvalue weighted by molar-refractivity contribution is 5.86. The van der Waals surface area contributed by atoms with Gasteiger partial charge in [-0.3, -0.25) is 0 Å². The lowest BCUT2D eigenvalue weighted by Crippen LogP contribution is -2.27. The molecule has 0 aliphatic heterocycles. The van der Waals surface area contributed by atoms with E-state index in [4.69, 9.17) is 5.11 Å². The highest BCUT2D eigenvalue weighted by Gasteiger charge is 2.24. The predicted molar refractivity (Wildman–Crippen MR) is 50.0 cm³/mol. The summed E-state index contributed by atoms with van der Waals surface area (Å²) >= 11 is 0. The number of carboxylic acid groups (broad SMARTS) is 1. The Hall–Kier alpha value is -1.27. The monoisotopic (exact) mass is 182 g/mol. The zero-order valence-corrected chi connectivity index (χ0v) is 7.87. The Bertz CT molecular complexity index is 255. The number of allylic oxidation sites excluding steroid dienone is 1. The molecule has 2 N–H and O–H groups in total.